The lowest BCUT2D eigenvalue weighted by atomic mass is 10.2. The van der Waals surface area contributed by atoms with Crippen molar-refractivity contribution >= 4 is 43.5 Å². The summed E-state index contributed by atoms with van der Waals surface area (Å²) in [5.74, 6) is -1.17. The first-order valence-corrected chi connectivity index (χ1v) is 8.66. The van der Waals surface area contributed by atoms with Gasteiger partial charge in [-0.05, 0) is 34.5 Å². The molecule has 1 aromatic carbocycles. The SMILES string of the molecule is CCCC(NS(=O)(=O)c1cc(Cl)cc(Br)c1OC)C(=O)O. The molecule has 0 amide bonds. The van der Waals surface area contributed by atoms with Crippen LogP contribution in [0.4, 0.5) is 0 Å². The summed E-state index contributed by atoms with van der Waals surface area (Å²) in [4.78, 5) is 10.9. The van der Waals surface area contributed by atoms with Crippen molar-refractivity contribution < 1.29 is 23.1 Å². The number of carboxylic acids is 1. The smallest absolute Gasteiger partial charge is 0.321 e. The molecule has 0 aliphatic heterocycles. The van der Waals surface area contributed by atoms with Crippen LogP contribution in [0.3, 0.4) is 0 Å². The third kappa shape index (κ3) is 4.57. The number of benzene rings is 1. The van der Waals surface area contributed by atoms with Gasteiger partial charge in [-0.2, -0.15) is 4.72 Å². The van der Waals surface area contributed by atoms with E-state index in [0.29, 0.717) is 10.9 Å². The average molecular weight is 401 g/mol. The lowest BCUT2D eigenvalue weighted by Crippen LogP contribution is -2.40. The molecule has 0 radical (unpaired) electrons. The molecule has 9 heteroatoms. The molecule has 0 spiro atoms. The molecule has 21 heavy (non-hydrogen) atoms. The van der Waals surface area contributed by atoms with Gasteiger partial charge in [0.25, 0.3) is 0 Å². The fourth-order valence-electron chi connectivity index (χ4n) is 1.71. The van der Waals surface area contributed by atoms with E-state index in [9.17, 15) is 13.2 Å². The first kappa shape index (κ1) is 18.2. The molecule has 1 unspecified atom stereocenters. The molecule has 6 nitrogen and oxygen atoms in total. The number of aliphatic carboxylic acids is 1. The fourth-order valence-corrected chi connectivity index (χ4v) is 4.31. The van der Waals surface area contributed by atoms with E-state index in [4.69, 9.17) is 21.4 Å². The Bertz CT molecular complexity index is 635. The molecule has 0 saturated heterocycles. The summed E-state index contributed by atoms with van der Waals surface area (Å²) in [5, 5.41) is 9.24. The average Bonchev–Trinajstić information content (AvgIpc) is 2.37. The Morgan fingerprint density at radius 3 is 2.62 bits per heavy atom. The molecule has 1 atom stereocenters. The van der Waals surface area contributed by atoms with Gasteiger partial charge in [-0.3, -0.25) is 4.79 Å². The largest absolute Gasteiger partial charge is 0.494 e. The number of ether oxygens (including phenoxy) is 1. The van der Waals surface area contributed by atoms with Crippen LogP contribution in [-0.2, 0) is 14.8 Å². The van der Waals surface area contributed by atoms with Gasteiger partial charge in [-0.25, -0.2) is 8.42 Å². The van der Waals surface area contributed by atoms with Gasteiger partial charge in [0.15, 0.2) is 5.75 Å². The molecule has 0 heterocycles. The Morgan fingerprint density at radius 2 is 2.14 bits per heavy atom. The highest BCUT2D eigenvalue weighted by atomic mass is 79.9. The van der Waals surface area contributed by atoms with Crippen molar-refractivity contribution in [1.29, 1.82) is 0 Å². The number of sulfonamides is 1. The first-order valence-electron chi connectivity index (χ1n) is 6.01. The van der Waals surface area contributed by atoms with Crippen molar-refractivity contribution in [3.8, 4) is 5.75 Å². The van der Waals surface area contributed by atoms with E-state index in [2.05, 4.69) is 20.7 Å². The van der Waals surface area contributed by atoms with Crippen molar-refractivity contribution in [2.45, 2.75) is 30.7 Å². The summed E-state index contributed by atoms with van der Waals surface area (Å²) < 4.78 is 32.3. The monoisotopic (exact) mass is 399 g/mol. The molecular formula is C12H15BrClNO5S. The Labute approximate surface area is 136 Å². The third-order valence-corrected chi connectivity index (χ3v) is 4.93. The molecule has 0 fully saturated rings. The Morgan fingerprint density at radius 1 is 1.52 bits per heavy atom. The second-order valence-corrected chi connectivity index (χ2v) is 7.19. The van der Waals surface area contributed by atoms with Crippen LogP contribution in [0.2, 0.25) is 5.02 Å². The van der Waals surface area contributed by atoms with Gasteiger partial charge in [0.2, 0.25) is 10.0 Å². The Balaban J connectivity index is 3.27. The minimum Gasteiger partial charge on any atom is -0.494 e. The van der Waals surface area contributed by atoms with Gasteiger partial charge in [0, 0.05) is 5.02 Å². The van der Waals surface area contributed by atoms with Gasteiger partial charge in [0.05, 0.1) is 11.6 Å². The Hall–Kier alpha value is -0.830. The maximum Gasteiger partial charge on any atom is 0.321 e. The number of carboxylic acid groups (broad SMARTS) is 1. The van der Waals surface area contributed by atoms with Gasteiger partial charge in [-0.1, -0.05) is 24.9 Å². The number of carbonyl (C=O) groups is 1. The van der Waals surface area contributed by atoms with Gasteiger partial charge in [0.1, 0.15) is 10.9 Å². The van der Waals surface area contributed by atoms with Crippen molar-refractivity contribution in [1.82, 2.24) is 4.72 Å². The van der Waals surface area contributed by atoms with Crippen LogP contribution < -0.4 is 9.46 Å². The molecule has 0 aliphatic rings. The predicted molar refractivity (Wildman–Crippen MR) is 82.4 cm³/mol. The zero-order valence-corrected chi connectivity index (χ0v) is 14.5. The maximum absolute atomic E-state index is 12.4. The number of methoxy groups -OCH3 is 1. The van der Waals surface area contributed by atoms with Crippen LogP contribution in [0, 0.1) is 0 Å². The summed E-state index contributed by atoms with van der Waals surface area (Å²) in [7, 11) is -2.77. The van der Waals surface area contributed by atoms with E-state index in [1.807, 2.05) is 0 Å². The summed E-state index contributed by atoms with van der Waals surface area (Å²) in [6, 6.07) is 1.49. The molecule has 1 rings (SSSR count). The second-order valence-electron chi connectivity index (χ2n) is 4.22. The summed E-state index contributed by atoms with van der Waals surface area (Å²) in [5.41, 5.74) is 0. The minimum absolute atomic E-state index is 0.0625. The number of nitrogens with one attached hydrogen (secondary N) is 1. The van der Waals surface area contributed by atoms with Gasteiger partial charge in [-0.15, -0.1) is 0 Å². The number of hydrogen-bond donors (Lipinski definition) is 2. The number of rotatable bonds is 7. The maximum atomic E-state index is 12.4. The summed E-state index contributed by atoms with van der Waals surface area (Å²) >= 11 is 9.01. The quantitative estimate of drug-likeness (QED) is 0.734. The van der Waals surface area contributed by atoms with E-state index in [0.717, 1.165) is 0 Å². The standard InChI is InChI=1S/C12H15BrClNO5S/c1-3-4-9(12(16)17)15-21(18,19)10-6-7(14)5-8(13)11(10)20-2/h5-6,9,15H,3-4H2,1-2H3,(H,16,17). The molecule has 0 aromatic heterocycles. The van der Waals surface area contributed by atoms with Crippen molar-refractivity contribution in [2.75, 3.05) is 7.11 Å². The molecule has 0 bridgehead atoms. The highest BCUT2D eigenvalue weighted by Gasteiger charge is 2.28. The van der Waals surface area contributed by atoms with Crippen LogP contribution in [0.25, 0.3) is 0 Å². The minimum atomic E-state index is -4.08. The first-order chi connectivity index (χ1) is 9.72. The van der Waals surface area contributed by atoms with Crippen LogP contribution in [0.15, 0.2) is 21.5 Å². The third-order valence-electron chi connectivity index (χ3n) is 2.64. The zero-order valence-electron chi connectivity index (χ0n) is 11.4. The normalized spacial score (nSPS) is 13.0. The molecule has 0 aliphatic carbocycles. The zero-order chi connectivity index (χ0) is 16.2. The van der Waals surface area contributed by atoms with Gasteiger partial charge < -0.3 is 9.84 Å². The lowest BCUT2D eigenvalue weighted by Gasteiger charge is -2.16. The van der Waals surface area contributed by atoms with E-state index < -0.39 is 22.0 Å². The van der Waals surface area contributed by atoms with Crippen molar-refractivity contribution in [3.05, 3.63) is 21.6 Å². The predicted octanol–water partition coefficient (Wildman–Crippen LogP) is 2.64. The summed E-state index contributed by atoms with van der Waals surface area (Å²) in [6.45, 7) is 1.76. The van der Waals surface area contributed by atoms with E-state index in [1.165, 1.54) is 19.2 Å². The van der Waals surface area contributed by atoms with Crippen molar-refractivity contribution in [2.24, 2.45) is 0 Å². The Kier molecular flexibility index (Phi) is 6.45. The molecular weight excluding hydrogens is 386 g/mol. The van der Waals surface area contributed by atoms with Crippen LogP contribution in [-0.4, -0.2) is 32.6 Å². The van der Waals surface area contributed by atoms with Crippen LogP contribution in [0.5, 0.6) is 5.75 Å². The number of hydrogen-bond acceptors (Lipinski definition) is 4. The van der Waals surface area contributed by atoms with Crippen LogP contribution in [0.1, 0.15) is 19.8 Å². The number of halogens is 2. The second kappa shape index (κ2) is 7.44. The highest BCUT2D eigenvalue weighted by molar-refractivity contribution is 9.10. The molecule has 2 N–H and O–H groups in total. The van der Waals surface area contributed by atoms with Gasteiger partial charge >= 0.3 is 5.97 Å². The van der Waals surface area contributed by atoms with Crippen LogP contribution >= 0.6 is 27.5 Å². The van der Waals surface area contributed by atoms with E-state index in [1.54, 1.807) is 6.92 Å². The molecule has 1 aromatic rings. The highest BCUT2D eigenvalue weighted by Crippen LogP contribution is 2.35. The van der Waals surface area contributed by atoms with E-state index in [-0.39, 0.29) is 22.1 Å². The lowest BCUT2D eigenvalue weighted by molar-refractivity contribution is -0.139. The summed E-state index contributed by atoms with van der Waals surface area (Å²) in [6.07, 6.45) is 0.703. The van der Waals surface area contributed by atoms with Crippen molar-refractivity contribution in [3.63, 3.8) is 0 Å². The van der Waals surface area contributed by atoms with E-state index >= 15 is 0 Å². The fraction of sp³-hybridized carbons (Fsp3) is 0.417. The molecule has 118 valence electrons. The molecule has 0 saturated carbocycles. The topological polar surface area (TPSA) is 92.7 Å².